The Bertz CT molecular complexity index is 92.4. The van der Waals surface area contributed by atoms with E-state index in [0.29, 0.717) is 12.9 Å². The maximum atomic E-state index is 8.95. The molecule has 124 valence electrons. The molecule has 0 radical (unpaired) electrons. The summed E-state index contributed by atoms with van der Waals surface area (Å²) in [7, 11) is 4.62. The summed E-state index contributed by atoms with van der Waals surface area (Å²) < 4.78 is 7.72. The highest BCUT2D eigenvalue weighted by atomic mass is 16.5. The number of hydrogen-bond donors (Lipinski definition) is 3. The monoisotopic (exact) mass is 288 g/mol. The van der Waals surface area contributed by atoms with Crippen molar-refractivity contribution < 1.29 is 54.4 Å². The Balaban J connectivity index is -0.00000000633. The molecule has 0 aromatic rings. The lowest BCUT2D eigenvalue weighted by Gasteiger charge is -1.67. The number of rotatable bonds is 2. The maximum Gasteiger partial charge on any atom is 0.292 e. The predicted molar refractivity (Wildman–Crippen MR) is 71.4 cm³/mol. The number of methoxy groups -OCH3 is 2. The highest BCUT2D eigenvalue weighted by molar-refractivity contribution is 5.36. The second-order valence-corrected chi connectivity index (χ2v) is 0.769. The van der Waals surface area contributed by atoms with Crippen molar-refractivity contribution in [1.29, 1.82) is 0 Å². The third kappa shape index (κ3) is 40000. The van der Waals surface area contributed by atoms with E-state index in [-0.39, 0.29) is 29.1 Å². The Labute approximate surface area is 111 Å². The van der Waals surface area contributed by atoms with Crippen molar-refractivity contribution in [2.75, 3.05) is 28.4 Å². The van der Waals surface area contributed by atoms with Crippen molar-refractivity contribution in [3.63, 3.8) is 0 Å². The molecule has 0 aliphatic heterocycles. The standard InChI is InChI=1S/2C2H4O2.CH2O2.2CH4O.CH4.2H2O.3H2/c2*1-4-2-3;2-1-3;2*1-2;;;;;;/h2*2H,1H3;1H,(H,2,3);2*2H,1H3;1H4;2*1H2;3*1H. The Morgan fingerprint density at radius 2 is 0.889 bits per heavy atom. The summed E-state index contributed by atoms with van der Waals surface area (Å²) in [5, 5.41) is 20.9. The van der Waals surface area contributed by atoms with Crippen LogP contribution in [-0.4, -0.2) is 74.1 Å². The van der Waals surface area contributed by atoms with Gasteiger partial charge < -0.3 is 35.7 Å². The third-order valence-corrected chi connectivity index (χ3v) is 0.192. The Hall–Kier alpha value is -1.75. The molecule has 0 saturated heterocycles. The second kappa shape index (κ2) is 293. The van der Waals surface area contributed by atoms with Crippen molar-refractivity contribution in [1.82, 2.24) is 0 Å². The van der Waals surface area contributed by atoms with Gasteiger partial charge in [-0.2, -0.15) is 0 Å². The van der Waals surface area contributed by atoms with Gasteiger partial charge in [0.15, 0.2) is 0 Å². The van der Waals surface area contributed by atoms with E-state index in [9.17, 15) is 0 Å². The topological polar surface area (TPSA) is 193 Å². The Morgan fingerprint density at radius 1 is 0.833 bits per heavy atom. The Kier molecular flexibility index (Phi) is 904. The highest BCUT2D eigenvalue weighted by Gasteiger charge is 1.44. The zero-order valence-electron chi connectivity index (χ0n) is 10.1. The molecule has 0 fully saturated rings. The zero-order chi connectivity index (χ0) is 13.5. The molecule has 18 heavy (non-hydrogen) atoms. The van der Waals surface area contributed by atoms with Gasteiger partial charge >= 0.3 is 0 Å². The number of carbonyl (C=O) groups excluding carboxylic acids is 2. The van der Waals surface area contributed by atoms with Gasteiger partial charge in [-0.15, -0.1) is 0 Å². The van der Waals surface area contributed by atoms with Crippen LogP contribution in [0.4, 0.5) is 0 Å². The molecular formula is C8H32O10. The van der Waals surface area contributed by atoms with Crippen molar-refractivity contribution in [3.8, 4) is 0 Å². The van der Waals surface area contributed by atoms with Gasteiger partial charge in [-0.25, -0.2) is 0 Å². The van der Waals surface area contributed by atoms with Gasteiger partial charge in [-0.1, -0.05) is 7.43 Å². The molecule has 0 spiro atoms. The first kappa shape index (κ1) is 55.5. The van der Waals surface area contributed by atoms with Crippen molar-refractivity contribution in [2.24, 2.45) is 0 Å². The van der Waals surface area contributed by atoms with Crippen LogP contribution in [0.3, 0.4) is 0 Å². The van der Waals surface area contributed by atoms with Crippen LogP contribution >= 0.6 is 0 Å². The average Bonchev–Trinajstić information content (AvgIpc) is 2.35. The predicted octanol–water partition coefficient (Wildman–Crippen LogP) is -1.78. The zero-order valence-corrected chi connectivity index (χ0v) is 10.1. The van der Waals surface area contributed by atoms with Gasteiger partial charge in [0.25, 0.3) is 19.4 Å². The molecule has 0 aromatic heterocycles. The summed E-state index contributed by atoms with van der Waals surface area (Å²) in [6, 6.07) is 0. The molecule has 0 unspecified atom stereocenters. The Morgan fingerprint density at radius 3 is 0.889 bits per heavy atom. The molecule has 0 heterocycles. The number of carbonyl (C=O) groups is 3. The fourth-order valence-electron chi connectivity index (χ4n) is 0. The molecule has 0 rings (SSSR count). The summed E-state index contributed by atoms with van der Waals surface area (Å²) in [5.41, 5.74) is 0. The number of carboxylic acid groups (broad SMARTS) is 1. The van der Waals surface area contributed by atoms with E-state index in [0.717, 1.165) is 14.2 Å². The molecule has 7 N–H and O–H groups in total. The van der Waals surface area contributed by atoms with Crippen molar-refractivity contribution in [3.05, 3.63) is 0 Å². The smallest absolute Gasteiger partial charge is 0.292 e. The van der Waals surface area contributed by atoms with E-state index in [1.165, 1.54) is 14.2 Å². The maximum absolute atomic E-state index is 8.95. The molecule has 0 bridgehead atoms. The number of ether oxygens (including phenoxy) is 2. The first-order valence-corrected chi connectivity index (χ1v) is 3.15. The summed E-state index contributed by atoms with van der Waals surface area (Å²) >= 11 is 0. The van der Waals surface area contributed by atoms with E-state index in [4.69, 9.17) is 29.7 Å². The van der Waals surface area contributed by atoms with Gasteiger partial charge in [-0.05, 0) is 0 Å². The lowest BCUT2D eigenvalue weighted by molar-refractivity contribution is -0.126. The van der Waals surface area contributed by atoms with Crippen molar-refractivity contribution in [2.45, 2.75) is 7.43 Å². The van der Waals surface area contributed by atoms with Crippen LogP contribution in [0.5, 0.6) is 0 Å². The number of aliphatic hydroxyl groups excluding tert-OH is 2. The van der Waals surface area contributed by atoms with Crippen molar-refractivity contribution >= 4 is 19.4 Å². The fourth-order valence-corrected chi connectivity index (χ4v) is 0. The molecule has 0 atom stereocenters. The molecule has 10 nitrogen and oxygen atoms in total. The van der Waals surface area contributed by atoms with Crippen LogP contribution in [0.2, 0.25) is 0 Å². The molecular weight excluding hydrogens is 256 g/mol. The lowest BCUT2D eigenvalue weighted by atomic mass is 11.5. The van der Waals surface area contributed by atoms with Crippen LogP contribution in [0.1, 0.15) is 11.7 Å². The minimum Gasteiger partial charge on any atom is -0.483 e. The largest absolute Gasteiger partial charge is 0.483 e. The normalized spacial score (nSPS) is 3.67. The van der Waals surface area contributed by atoms with E-state index in [2.05, 4.69) is 9.47 Å². The second-order valence-electron chi connectivity index (χ2n) is 0.769. The molecule has 0 aliphatic carbocycles. The molecule has 0 aromatic carbocycles. The first-order valence-electron chi connectivity index (χ1n) is 3.15. The van der Waals surface area contributed by atoms with E-state index >= 15 is 0 Å². The van der Waals surface area contributed by atoms with Gasteiger partial charge in [0, 0.05) is 18.5 Å². The van der Waals surface area contributed by atoms with Gasteiger partial charge in [0.05, 0.1) is 14.2 Å². The molecule has 10 heteroatoms. The lowest BCUT2D eigenvalue weighted by Crippen LogP contribution is -1.68. The molecule has 0 saturated carbocycles. The van der Waals surface area contributed by atoms with Crippen LogP contribution < -0.4 is 0 Å². The van der Waals surface area contributed by atoms with E-state index in [1.807, 2.05) is 0 Å². The summed E-state index contributed by atoms with van der Waals surface area (Å²) in [5.74, 6) is 0. The first-order chi connectivity index (χ1) is 7.24. The van der Waals surface area contributed by atoms with Gasteiger partial charge in [0.1, 0.15) is 0 Å². The minimum atomic E-state index is -0.250. The quantitative estimate of drug-likeness (QED) is 0.496. The van der Waals surface area contributed by atoms with Gasteiger partial charge in [-0.3, -0.25) is 14.4 Å². The van der Waals surface area contributed by atoms with Gasteiger partial charge in [0.2, 0.25) is 0 Å². The van der Waals surface area contributed by atoms with Crippen LogP contribution in [0.25, 0.3) is 0 Å². The summed E-state index contributed by atoms with van der Waals surface area (Å²) in [4.78, 5) is 26.3. The van der Waals surface area contributed by atoms with E-state index in [1.54, 1.807) is 0 Å². The minimum absolute atomic E-state index is 0. The van der Waals surface area contributed by atoms with Crippen LogP contribution in [0.15, 0.2) is 0 Å². The fraction of sp³-hybridized carbons (Fsp3) is 0.625. The number of hydrogen-bond acceptors (Lipinski definition) is 7. The summed E-state index contributed by atoms with van der Waals surface area (Å²) in [6.07, 6.45) is 0. The van der Waals surface area contributed by atoms with E-state index < -0.39 is 0 Å². The SMILES string of the molecule is C.CO.CO.COC=O.COC=O.O.O.O=CO.[HH].[HH].[HH]. The molecule has 0 aliphatic rings. The summed E-state index contributed by atoms with van der Waals surface area (Å²) in [6.45, 7) is 0.500. The molecule has 0 amide bonds. The number of aliphatic hydroxyl groups is 2. The third-order valence-electron chi connectivity index (χ3n) is 0.192. The highest BCUT2D eigenvalue weighted by Crippen LogP contribution is 1.35. The average molecular weight is 288 g/mol. The van der Waals surface area contributed by atoms with Crippen LogP contribution in [0, 0.1) is 0 Å². The van der Waals surface area contributed by atoms with Crippen LogP contribution in [-0.2, 0) is 23.9 Å².